The number of nitrogens with zero attached hydrogens (tertiary/aromatic N) is 1. The third-order valence-corrected chi connectivity index (χ3v) is 4.09. The van der Waals surface area contributed by atoms with Crippen molar-refractivity contribution in [3.8, 4) is 0 Å². The van der Waals surface area contributed by atoms with Gasteiger partial charge >= 0.3 is 0 Å². The average Bonchev–Trinajstić information content (AvgIpc) is 2.48. The molecule has 2 N–H and O–H groups in total. The zero-order valence-electron chi connectivity index (χ0n) is 12.0. The van der Waals surface area contributed by atoms with Crippen LogP contribution >= 0.6 is 23.8 Å². The van der Waals surface area contributed by atoms with Gasteiger partial charge in [-0.15, -0.1) is 0 Å². The predicted octanol–water partition coefficient (Wildman–Crippen LogP) is 3.84. The number of rotatable bonds is 6. The summed E-state index contributed by atoms with van der Waals surface area (Å²) in [6.07, 6.45) is 0. The summed E-state index contributed by atoms with van der Waals surface area (Å²) in [6, 6.07) is 18.0. The molecule has 0 aromatic heterocycles. The van der Waals surface area contributed by atoms with Crippen molar-refractivity contribution in [3.05, 3.63) is 70.7 Å². The molecule has 0 bridgehead atoms. The normalized spacial score (nSPS) is 12.3. The van der Waals surface area contributed by atoms with Crippen molar-refractivity contribution in [1.29, 1.82) is 0 Å². The second-order valence-electron chi connectivity index (χ2n) is 5.15. The largest absolute Gasteiger partial charge is 0.393 e. The lowest BCUT2D eigenvalue weighted by molar-refractivity contribution is 0.323. The summed E-state index contributed by atoms with van der Waals surface area (Å²) in [5.41, 5.74) is 8.18. The van der Waals surface area contributed by atoms with E-state index in [1.165, 1.54) is 0 Å². The van der Waals surface area contributed by atoms with Gasteiger partial charge in [0.1, 0.15) is 0 Å². The van der Waals surface area contributed by atoms with Gasteiger partial charge in [0.2, 0.25) is 0 Å². The van der Waals surface area contributed by atoms with E-state index < -0.39 is 0 Å². The van der Waals surface area contributed by atoms with Crippen molar-refractivity contribution in [2.75, 3.05) is 13.6 Å². The molecule has 0 saturated heterocycles. The highest BCUT2D eigenvalue weighted by molar-refractivity contribution is 7.80. The minimum absolute atomic E-state index is 0.0497. The first kappa shape index (κ1) is 16.0. The Kier molecular flexibility index (Phi) is 5.74. The zero-order chi connectivity index (χ0) is 15.2. The van der Waals surface area contributed by atoms with Crippen molar-refractivity contribution in [2.24, 2.45) is 5.73 Å². The van der Waals surface area contributed by atoms with E-state index >= 15 is 0 Å². The molecule has 0 heterocycles. The smallest absolute Gasteiger partial charge is 0.0816 e. The first-order valence-corrected chi connectivity index (χ1v) is 7.62. The van der Waals surface area contributed by atoms with E-state index in [9.17, 15) is 0 Å². The molecule has 2 aromatic carbocycles. The molecule has 21 heavy (non-hydrogen) atoms. The highest BCUT2D eigenvalue weighted by Crippen LogP contribution is 2.20. The van der Waals surface area contributed by atoms with Gasteiger partial charge in [0.15, 0.2) is 0 Å². The van der Waals surface area contributed by atoms with Crippen molar-refractivity contribution in [2.45, 2.75) is 12.5 Å². The van der Waals surface area contributed by atoms with Gasteiger partial charge in [-0.25, -0.2) is 0 Å². The fourth-order valence-corrected chi connectivity index (χ4v) is 2.74. The van der Waals surface area contributed by atoms with Crippen LogP contribution in [-0.4, -0.2) is 23.5 Å². The first-order valence-electron chi connectivity index (χ1n) is 6.84. The summed E-state index contributed by atoms with van der Waals surface area (Å²) in [5, 5.41) is 0.788. The van der Waals surface area contributed by atoms with Crippen LogP contribution in [0.25, 0.3) is 0 Å². The van der Waals surface area contributed by atoms with Gasteiger partial charge in [-0.3, -0.25) is 0 Å². The van der Waals surface area contributed by atoms with E-state index in [4.69, 9.17) is 29.6 Å². The number of thiocarbonyl (C=S) groups is 1. The lowest BCUT2D eigenvalue weighted by atomic mass is 9.98. The lowest BCUT2D eigenvalue weighted by Gasteiger charge is -2.24. The fraction of sp³-hybridized carbons (Fsp3) is 0.235. The summed E-state index contributed by atoms with van der Waals surface area (Å²) in [5.74, 6) is 0.0497. The number of benzene rings is 2. The van der Waals surface area contributed by atoms with Gasteiger partial charge in [-0.1, -0.05) is 72.3 Å². The molecule has 0 saturated carbocycles. The molecular formula is C17H19ClN2S. The van der Waals surface area contributed by atoms with Crippen LogP contribution in [0.15, 0.2) is 54.6 Å². The number of likely N-dealkylation sites (N-methyl/N-ethyl adjacent to an activating group) is 1. The maximum absolute atomic E-state index is 6.21. The van der Waals surface area contributed by atoms with Crippen molar-refractivity contribution >= 4 is 28.8 Å². The molecule has 1 unspecified atom stereocenters. The molecule has 2 aromatic rings. The fourth-order valence-electron chi connectivity index (χ4n) is 2.34. The second kappa shape index (κ2) is 7.55. The van der Waals surface area contributed by atoms with Crippen LogP contribution < -0.4 is 5.73 Å². The van der Waals surface area contributed by atoms with Gasteiger partial charge in [0, 0.05) is 24.0 Å². The minimum Gasteiger partial charge on any atom is -0.393 e. The number of halogens is 1. The van der Waals surface area contributed by atoms with Crippen LogP contribution in [0.1, 0.15) is 17.0 Å². The number of hydrogen-bond acceptors (Lipinski definition) is 2. The predicted molar refractivity (Wildman–Crippen MR) is 93.8 cm³/mol. The average molecular weight is 319 g/mol. The van der Waals surface area contributed by atoms with Crippen LogP contribution in [-0.2, 0) is 6.54 Å². The summed E-state index contributed by atoms with van der Waals surface area (Å²) in [4.78, 5) is 2.71. The van der Waals surface area contributed by atoms with Crippen molar-refractivity contribution in [3.63, 3.8) is 0 Å². The third kappa shape index (κ3) is 4.53. The van der Waals surface area contributed by atoms with Crippen LogP contribution in [0.2, 0.25) is 5.02 Å². The van der Waals surface area contributed by atoms with Gasteiger partial charge < -0.3 is 10.6 Å². The topological polar surface area (TPSA) is 29.3 Å². The Balaban J connectivity index is 2.07. The molecule has 2 rings (SSSR count). The molecule has 0 aliphatic heterocycles. The van der Waals surface area contributed by atoms with E-state index in [1.54, 1.807) is 0 Å². The van der Waals surface area contributed by atoms with E-state index in [2.05, 4.69) is 24.1 Å². The quantitative estimate of drug-likeness (QED) is 0.820. The standard InChI is InChI=1S/C17H19ClN2S/c1-20(11-14-9-5-6-10-16(14)18)12-15(17(19)21)13-7-3-2-4-8-13/h2-10,15H,11-12H2,1H3,(H2,19,21). The van der Waals surface area contributed by atoms with Crippen molar-refractivity contribution < 1.29 is 0 Å². The van der Waals surface area contributed by atoms with Crippen LogP contribution in [0.4, 0.5) is 0 Å². The summed E-state index contributed by atoms with van der Waals surface area (Å²) >= 11 is 11.4. The molecule has 0 aliphatic carbocycles. The maximum atomic E-state index is 6.21. The molecule has 2 nitrogen and oxygen atoms in total. The third-order valence-electron chi connectivity index (χ3n) is 3.44. The molecule has 0 amide bonds. The monoisotopic (exact) mass is 318 g/mol. The first-order chi connectivity index (χ1) is 10.1. The molecule has 0 radical (unpaired) electrons. The molecular weight excluding hydrogens is 300 g/mol. The molecule has 0 aliphatic rings. The molecule has 0 spiro atoms. The highest BCUT2D eigenvalue weighted by atomic mass is 35.5. The Morgan fingerprint density at radius 3 is 2.38 bits per heavy atom. The molecule has 4 heteroatoms. The van der Waals surface area contributed by atoms with Gasteiger partial charge in [0.05, 0.1) is 4.99 Å². The second-order valence-corrected chi connectivity index (χ2v) is 6.03. The van der Waals surface area contributed by atoms with Gasteiger partial charge in [-0.05, 0) is 24.2 Å². The lowest BCUT2D eigenvalue weighted by Crippen LogP contribution is -2.31. The highest BCUT2D eigenvalue weighted by Gasteiger charge is 2.17. The Hall–Kier alpha value is -1.42. The number of hydrogen-bond donors (Lipinski definition) is 1. The van der Waals surface area contributed by atoms with E-state index in [0.717, 1.165) is 29.2 Å². The van der Waals surface area contributed by atoms with Gasteiger partial charge in [-0.2, -0.15) is 0 Å². The number of nitrogens with two attached hydrogens (primary N) is 1. The summed E-state index contributed by atoms with van der Waals surface area (Å²) < 4.78 is 0. The van der Waals surface area contributed by atoms with E-state index in [0.29, 0.717) is 4.99 Å². The van der Waals surface area contributed by atoms with Crippen LogP contribution in [0.3, 0.4) is 0 Å². The van der Waals surface area contributed by atoms with Crippen LogP contribution in [0.5, 0.6) is 0 Å². The summed E-state index contributed by atoms with van der Waals surface area (Å²) in [6.45, 7) is 1.54. The Morgan fingerprint density at radius 1 is 1.14 bits per heavy atom. The Labute approximate surface area is 136 Å². The molecule has 110 valence electrons. The van der Waals surface area contributed by atoms with E-state index in [-0.39, 0.29) is 5.92 Å². The Morgan fingerprint density at radius 2 is 1.76 bits per heavy atom. The molecule has 1 atom stereocenters. The van der Waals surface area contributed by atoms with Crippen LogP contribution in [0, 0.1) is 0 Å². The summed E-state index contributed by atoms with van der Waals surface area (Å²) in [7, 11) is 2.05. The van der Waals surface area contributed by atoms with Crippen molar-refractivity contribution in [1.82, 2.24) is 4.90 Å². The minimum atomic E-state index is 0.0497. The maximum Gasteiger partial charge on any atom is 0.0816 e. The van der Waals surface area contributed by atoms with E-state index in [1.807, 2.05) is 42.5 Å². The zero-order valence-corrected chi connectivity index (χ0v) is 13.6. The Bertz CT molecular complexity index is 601. The van der Waals surface area contributed by atoms with Gasteiger partial charge in [0.25, 0.3) is 0 Å². The SMILES string of the molecule is CN(Cc1ccccc1Cl)CC(C(N)=S)c1ccccc1. The molecule has 0 fully saturated rings.